The zero-order chi connectivity index (χ0) is 24.1. The molecule has 0 heterocycles. The van der Waals surface area contributed by atoms with E-state index < -0.39 is 54.5 Å². The molecule has 0 fully saturated rings. The number of thiol groups is 1. The van der Waals surface area contributed by atoms with Crippen LogP contribution in [0.4, 0.5) is 0 Å². The van der Waals surface area contributed by atoms with Gasteiger partial charge in [0.05, 0.1) is 6.61 Å². The molecule has 12 heteroatoms. The van der Waals surface area contributed by atoms with Gasteiger partial charge < -0.3 is 31.9 Å². The van der Waals surface area contributed by atoms with E-state index in [2.05, 4.69) is 28.6 Å². The lowest BCUT2D eigenvalue weighted by molar-refractivity contribution is -0.142. The Labute approximate surface area is 196 Å². The van der Waals surface area contributed by atoms with Crippen LogP contribution in [0.3, 0.4) is 0 Å². The molecule has 0 spiro atoms. The van der Waals surface area contributed by atoms with Gasteiger partial charge >= 0.3 is 5.97 Å². The summed E-state index contributed by atoms with van der Waals surface area (Å²) in [5.74, 6) is -2.82. The van der Waals surface area contributed by atoms with Crippen molar-refractivity contribution >= 4 is 48.1 Å². The van der Waals surface area contributed by atoms with Gasteiger partial charge in [0.1, 0.15) is 24.2 Å². The molecule has 0 radical (unpaired) electrons. The predicted molar refractivity (Wildman–Crippen MR) is 125 cm³/mol. The molecular formula is C20H30N4O6S2. The standard InChI is InChI=1S/C20H30N4O6S2/c1-32-8-7-14(20(29)30)22-19(28)16(11-31)24-18(27)15(23-17(26)13(21)10-25)9-12-5-3-2-4-6-12/h2-6,13-16,25,31H,7-11,21H2,1H3,(H,22,28)(H,23,26)(H,24,27)(H,29,30). The smallest absolute Gasteiger partial charge is 0.326 e. The van der Waals surface area contributed by atoms with Gasteiger partial charge in [-0.3, -0.25) is 14.4 Å². The first-order chi connectivity index (χ1) is 15.2. The van der Waals surface area contributed by atoms with Crippen LogP contribution in [0, 0.1) is 0 Å². The maximum absolute atomic E-state index is 12.9. The fraction of sp³-hybridized carbons (Fsp3) is 0.500. The zero-order valence-electron chi connectivity index (χ0n) is 17.7. The summed E-state index contributed by atoms with van der Waals surface area (Å²) in [7, 11) is 0. The van der Waals surface area contributed by atoms with Crippen molar-refractivity contribution in [1.82, 2.24) is 16.0 Å². The number of thioether (sulfide) groups is 1. The number of hydrogen-bond donors (Lipinski definition) is 7. The molecule has 3 amide bonds. The first kappa shape index (κ1) is 27.8. The summed E-state index contributed by atoms with van der Waals surface area (Å²) in [6.07, 6.45) is 2.16. The number of aliphatic hydroxyl groups excluding tert-OH is 1. The van der Waals surface area contributed by atoms with Gasteiger partial charge in [0.25, 0.3) is 0 Å². The summed E-state index contributed by atoms with van der Waals surface area (Å²) < 4.78 is 0. The predicted octanol–water partition coefficient (Wildman–Crippen LogP) is -1.23. The quantitative estimate of drug-likeness (QED) is 0.160. The molecule has 32 heavy (non-hydrogen) atoms. The van der Waals surface area contributed by atoms with E-state index in [1.807, 2.05) is 6.26 Å². The summed E-state index contributed by atoms with van der Waals surface area (Å²) in [6.45, 7) is -0.597. The lowest BCUT2D eigenvalue weighted by Gasteiger charge is -2.24. The van der Waals surface area contributed by atoms with E-state index >= 15 is 0 Å². The molecule has 1 aromatic carbocycles. The Hall–Kier alpha value is -2.28. The molecule has 0 aliphatic carbocycles. The number of aliphatic carboxylic acids is 1. The highest BCUT2D eigenvalue weighted by molar-refractivity contribution is 7.98. The lowest BCUT2D eigenvalue weighted by atomic mass is 10.0. The Morgan fingerprint density at radius 2 is 1.56 bits per heavy atom. The van der Waals surface area contributed by atoms with E-state index in [1.54, 1.807) is 30.3 Å². The largest absolute Gasteiger partial charge is 0.480 e. The van der Waals surface area contributed by atoms with Crippen molar-refractivity contribution in [2.75, 3.05) is 24.4 Å². The third-order valence-electron chi connectivity index (χ3n) is 4.49. The van der Waals surface area contributed by atoms with E-state index in [4.69, 9.17) is 10.8 Å². The Kier molecular flexibility index (Phi) is 12.8. The number of benzene rings is 1. The van der Waals surface area contributed by atoms with Gasteiger partial charge in [-0.05, 0) is 24.0 Å². The third kappa shape index (κ3) is 9.47. The number of rotatable bonds is 14. The van der Waals surface area contributed by atoms with Crippen LogP contribution in [0.25, 0.3) is 0 Å². The number of carbonyl (C=O) groups excluding carboxylic acids is 3. The summed E-state index contributed by atoms with van der Waals surface area (Å²) >= 11 is 5.54. The molecule has 0 saturated heterocycles. The molecule has 4 unspecified atom stereocenters. The molecule has 0 saturated carbocycles. The van der Waals surface area contributed by atoms with E-state index in [-0.39, 0.29) is 18.6 Å². The first-order valence-electron chi connectivity index (χ1n) is 9.87. The molecule has 1 rings (SSSR count). The Morgan fingerprint density at radius 1 is 1.00 bits per heavy atom. The minimum absolute atomic E-state index is 0.0887. The zero-order valence-corrected chi connectivity index (χ0v) is 19.4. The Bertz CT molecular complexity index is 768. The minimum atomic E-state index is -1.21. The van der Waals surface area contributed by atoms with E-state index in [1.165, 1.54) is 11.8 Å². The normalized spacial score (nSPS) is 14.5. The van der Waals surface area contributed by atoms with Crippen molar-refractivity contribution in [2.24, 2.45) is 5.73 Å². The lowest BCUT2D eigenvalue weighted by Crippen LogP contribution is -2.58. The van der Waals surface area contributed by atoms with E-state index in [0.717, 1.165) is 5.56 Å². The minimum Gasteiger partial charge on any atom is -0.480 e. The summed E-state index contributed by atoms with van der Waals surface area (Å²) in [6, 6.07) is 4.37. The van der Waals surface area contributed by atoms with Crippen LogP contribution in [-0.4, -0.2) is 82.4 Å². The second kappa shape index (κ2) is 14.7. The van der Waals surface area contributed by atoms with Crippen LogP contribution in [0.15, 0.2) is 30.3 Å². The molecule has 0 aliphatic rings. The second-order valence-corrected chi connectivity index (χ2v) is 8.32. The van der Waals surface area contributed by atoms with Crippen LogP contribution in [-0.2, 0) is 25.6 Å². The summed E-state index contributed by atoms with van der Waals surface area (Å²) in [5, 5.41) is 25.8. The number of nitrogens with one attached hydrogen (secondary N) is 3. The van der Waals surface area contributed by atoms with Gasteiger partial charge in [0, 0.05) is 12.2 Å². The van der Waals surface area contributed by atoms with Crippen molar-refractivity contribution in [3.63, 3.8) is 0 Å². The van der Waals surface area contributed by atoms with Crippen molar-refractivity contribution in [3.8, 4) is 0 Å². The third-order valence-corrected chi connectivity index (χ3v) is 5.50. The number of aliphatic hydroxyl groups is 1. The molecular weight excluding hydrogens is 456 g/mol. The molecule has 4 atom stereocenters. The van der Waals surface area contributed by atoms with Gasteiger partial charge in [0.2, 0.25) is 17.7 Å². The van der Waals surface area contributed by atoms with Gasteiger partial charge in [-0.1, -0.05) is 30.3 Å². The second-order valence-electron chi connectivity index (χ2n) is 6.96. The highest BCUT2D eigenvalue weighted by Crippen LogP contribution is 2.06. The van der Waals surface area contributed by atoms with E-state index in [9.17, 15) is 24.3 Å². The number of nitrogens with two attached hydrogens (primary N) is 1. The number of carboxylic acids is 1. The average molecular weight is 487 g/mol. The fourth-order valence-corrected chi connectivity index (χ4v) is 3.38. The maximum Gasteiger partial charge on any atom is 0.326 e. The van der Waals surface area contributed by atoms with Gasteiger partial charge in [-0.15, -0.1) is 0 Å². The molecule has 7 N–H and O–H groups in total. The molecule has 0 aromatic heterocycles. The molecule has 1 aromatic rings. The van der Waals surface area contributed by atoms with Crippen LogP contribution in [0.2, 0.25) is 0 Å². The summed E-state index contributed by atoms with van der Waals surface area (Å²) in [5.41, 5.74) is 6.28. The molecule has 178 valence electrons. The van der Waals surface area contributed by atoms with Crippen LogP contribution < -0.4 is 21.7 Å². The van der Waals surface area contributed by atoms with Crippen LogP contribution in [0.5, 0.6) is 0 Å². The Morgan fingerprint density at radius 3 is 2.09 bits per heavy atom. The molecule has 10 nitrogen and oxygen atoms in total. The van der Waals surface area contributed by atoms with Gasteiger partial charge in [0.15, 0.2) is 0 Å². The number of hydrogen-bond acceptors (Lipinski definition) is 8. The SMILES string of the molecule is CSCCC(NC(=O)C(CS)NC(=O)C(Cc1ccccc1)NC(=O)C(N)CO)C(=O)O. The highest BCUT2D eigenvalue weighted by atomic mass is 32.2. The number of carbonyl (C=O) groups is 4. The van der Waals surface area contributed by atoms with Crippen molar-refractivity contribution < 1.29 is 29.4 Å². The Balaban J connectivity index is 2.92. The maximum atomic E-state index is 12.9. The molecule has 0 bridgehead atoms. The van der Waals surface area contributed by atoms with Gasteiger partial charge in [-0.2, -0.15) is 24.4 Å². The van der Waals surface area contributed by atoms with Crippen LogP contribution >= 0.6 is 24.4 Å². The first-order valence-corrected chi connectivity index (χ1v) is 11.9. The highest BCUT2D eigenvalue weighted by Gasteiger charge is 2.29. The number of carboxylic acid groups (broad SMARTS) is 1. The summed E-state index contributed by atoms with van der Waals surface area (Å²) in [4.78, 5) is 49.0. The van der Waals surface area contributed by atoms with Crippen molar-refractivity contribution in [1.29, 1.82) is 0 Å². The van der Waals surface area contributed by atoms with Crippen LogP contribution in [0.1, 0.15) is 12.0 Å². The molecule has 0 aliphatic heterocycles. The fourth-order valence-electron chi connectivity index (χ4n) is 2.65. The average Bonchev–Trinajstić information content (AvgIpc) is 2.79. The number of amides is 3. The van der Waals surface area contributed by atoms with Crippen molar-refractivity contribution in [3.05, 3.63) is 35.9 Å². The van der Waals surface area contributed by atoms with Crippen molar-refractivity contribution in [2.45, 2.75) is 37.0 Å². The monoisotopic (exact) mass is 486 g/mol. The van der Waals surface area contributed by atoms with E-state index in [0.29, 0.717) is 5.75 Å². The topological polar surface area (TPSA) is 171 Å². The van der Waals surface area contributed by atoms with Gasteiger partial charge in [-0.25, -0.2) is 4.79 Å².